The molecule has 1 N–H and O–H groups in total. The second kappa shape index (κ2) is 6.71. The number of halogens is 1. The number of benzene rings is 1. The van der Waals surface area contributed by atoms with E-state index in [1.807, 2.05) is 43.1 Å². The molecule has 6 nitrogen and oxygen atoms in total. The fourth-order valence-corrected chi connectivity index (χ4v) is 2.26. The molecule has 0 aliphatic heterocycles. The number of hydrogen-bond acceptors (Lipinski definition) is 6. The molecular weight excluding hydrogens is 332 g/mol. The zero-order valence-corrected chi connectivity index (χ0v) is 14.2. The third-order valence-electron chi connectivity index (χ3n) is 2.89. The summed E-state index contributed by atoms with van der Waals surface area (Å²) in [5.41, 5.74) is 1.18. The molecule has 0 atom stereocenters. The van der Waals surface area contributed by atoms with Crippen molar-refractivity contribution in [3.63, 3.8) is 0 Å². The van der Waals surface area contributed by atoms with Crippen LogP contribution in [0.4, 0.5) is 17.8 Å². The zero-order valence-electron chi connectivity index (χ0n) is 12.6. The maximum atomic E-state index is 4.48. The molecule has 1 heterocycles. The number of nitrogens with one attached hydrogen (secondary N) is 1. The van der Waals surface area contributed by atoms with Gasteiger partial charge in [-0.1, -0.05) is 28.1 Å². The summed E-state index contributed by atoms with van der Waals surface area (Å²) < 4.78 is 1.06. The van der Waals surface area contributed by atoms with E-state index in [0.717, 1.165) is 11.0 Å². The van der Waals surface area contributed by atoms with Gasteiger partial charge in [0.1, 0.15) is 0 Å². The average molecular weight is 351 g/mol. The molecule has 2 rings (SSSR count). The molecule has 0 fully saturated rings. The molecule has 0 aliphatic carbocycles. The van der Waals surface area contributed by atoms with Gasteiger partial charge in [0.25, 0.3) is 0 Å². The van der Waals surface area contributed by atoms with Crippen LogP contribution in [0.25, 0.3) is 0 Å². The highest BCUT2D eigenvalue weighted by molar-refractivity contribution is 9.10. The van der Waals surface area contributed by atoms with Gasteiger partial charge in [0.15, 0.2) is 0 Å². The first-order chi connectivity index (χ1) is 9.99. The van der Waals surface area contributed by atoms with Crippen molar-refractivity contribution in [1.29, 1.82) is 0 Å². The normalized spacial score (nSPS) is 10.3. The summed E-state index contributed by atoms with van der Waals surface area (Å²) >= 11 is 3.49. The molecule has 1 aromatic heterocycles. The summed E-state index contributed by atoms with van der Waals surface area (Å²) in [7, 11) is 7.59. The van der Waals surface area contributed by atoms with Gasteiger partial charge >= 0.3 is 0 Å². The van der Waals surface area contributed by atoms with E-state index < -0.39 is 0 Å². The Labute approximate surface area is 133 Å². The summed E-state index contributed by atoms with van der Waals surface area (Å²) in [6.45, 7) is 0.722. The van der Waals surface area contributed by atoms with Crippen LogP contribution in [0.3, 0.4) is 0 Å². The number of aromatic nitrogens is 3. The zero-order chi connectivity index (χ0) is 15.4. The molecule has 0 unspecified atom stereocenters. The van der Waals surface area contributed by atoms with Gasteiger partial charge in [-0.15, -0.1) is 0 Å². The minimum atomic E-state index is 0.560. The Balaban J connectivity index is 2.25. The molecular formula is C14H19BrN6. The summed E-state index contributed by atoms with van der Waals surface area (Å²) in [6.07, 6.45) is 0. The molecule has 0 saturated carbocycles. The molecule has 2 aromatic rings. The van der Waals surface area contributed by atoms with Crippen molar-refractivity contribution in [1.82, 2.24) is 15.0 Å². The van der Waals surface area contributed by atoms with Gasteiger partial charge in [0.05, 0.1) is 0 Å². The standard InChI is InChI=1S/C14H19BrN6/c1-16-12-17-13(20(2)3)19-14(18-12)21(4)9-10-6-5-7-11(15)8-10/h5-8H,9H2,1-4H3,(H,16,17,18,19). The lowest BCUT2D eigenvalue weighted by molar-refractivity contribution is 0.843. The highest BCUT2D eigenvalue weighted by Gasteiger charge is 2.11. The van der Waals surface area contributed by atoms with Crippen LogP contribution in [0.15, 0.2) is 28.7 Å². The number of nitrogens with zero attached hydrogens (tertiary/aromatic N) is 5. The minimum absolute atomic E-state index is 0.560. The lowest BCUT2D eigenvalue weighted by atomic mass is 10.2. The monoisotopic (exact) mass is 350 g/mol. The highest BCUT2D eigenvalue weighted by atomic mass is 79.9. The maximum absolute atomic E-state index is 4.48. The van der Waals surface area contributed by atoms with Crippen molar-refractivity contribution >= 4 is 33.8 Å². The first-order valence-corrected chi connectivity index (χ1v) is 7.35. The van der Waals surface area contributed by atoms with Crippen LogP contribution < -0.4 is 15.1 Å². The van der Waals surface area contributed by atoms with Gasteiger partial charge in [0.2, 0.25) is 17.8 Å². The Hall–Kier alpha value is -1.89. The lowest BCUT2D eigenvalue weighted by Crippen LogP contribution is -2.22. The van der Waals surface area contributed by atoms with Gasteiger partial charge in [-0.2, -0.15) is 15.0 Å². The fourth-order valence-electron chi connectivity index (χ4n) is 1.82. The first kappa shape index (κ1) is 15.5. The first-order valence-electron chi connectivity index (χ1n) is 6.56. The van der Waals surface area contributed by atoms with Crippen LogP contribution in [0.2, 0.25) is 0 Å². The van der Waals surface area contributed by atoms with E-state index in [-0.39, 0.29) is 0 Å². The molecule has 0 aliphatic rings. The second-order valence-electron chi connectivity index (χ2n) is 4.89. The number of rotatable bonds is 5. The van der Waals surface area contributed by atoms with Gasteiger partial charge < -0.3 is 15.1 Å². The van der Waals surface area contributed by atoms with Crippen molar-refractivity contribution in [2.75, 3.05) is 43.3 Å². The average Bonchev–Trinajstić information content (AvgIpc) is 2.46. The number of anilines is 3. The smallest absolute Gasteiger partial charge is 0.232 e. The molecule has 0 radical (unpaired) electrons. The SMILES string of the molecule is CNc1nc(N(C)C)nc(N(C)Cc2cccc(Br)c2)n1. The van der Waals surface area contributed by atoms with Crippen molar-refractivity contribution < 1.29 is 0 Å². The lowest BCUT2D eigenvalue weighted by Gasteiger charge is -2.20. The molecule has 0 spiro atoms. The Morgan fingerprint density at radius 2 is 1.81 bits per heavy atom. The van der Waals surface area contributed by atoms with Crippen LogP contribution in [0, 0.1) is 0 Å². The Bertz CT molecular complexity index is 616. The fraction of sp³-hybridized carbons (Fsp3) is 0.357. The number of hydrogen-bond donors (Lipinski definition) is 1. The van der Waals surface area contributed by atoms with E-state index >= 15 is 0 Å². The van der Waals surface area contributed by atoms with Gasteiger partial charge in [-0.3, -0.25) is 0 Å². The van der Waals surface area contributed by atoms with Gasteiger partial charge in [-0.05, 0) is 17.7 Å². The molecule has 112 valence electrons. The topological polar surface area (TPSA) is 57.2 Å². The van der Waals surface area contributed by atoms with Crippen LogP contribution in [-0.4, -0.2) is 43.1 Å². The molecule has 0 amide bonds. The van der Waals surface area contributed by atoms with E-state index in [1.54, 1.807) is 7.05 Å². The van der Waals surface area contributed by atoms with Crippen LogP contribution >= 0.6 is 15.9 Å². The Morgan fingerprint density at radius 1 is 1.10 bits per heavy atom. The second-order valence-corrected chi connectivity index (χ2v) is 5.81. The molecule has 0 bridgehead atoms. The van der Waals surface area contributed by atoms with Crippen molar-refractivity contribution in [3.8, 4) is 0 Å². The predicted molar refractivity (Wildman–Crippen MR) is 89.9 cm³/mol. The highest BCUT2D eigenvalue weighted by Crippen LogP contribution is 2.18. The van der Waals surface area contributed by atoms with E-state index in [4.69, 9.17) is 0 Å². The molecule has 0 saturated heterocycles. The third kappa shape index (κ3) is 4.04. The molecule has 7 heteroatoms. The summed E-state index contributed by atoms with van der Waals surface area (Å²) in [5.74, 6) is 1.83. The molecule has 1 aromatic carbocycles. The quantitative estimate of drug-likeness (QED) is 0.893. The molecule has 21 heavy (non-hydrogen) atoms. The van der Waals surface area contributed by atoms with E-state index in [9.17, 15) is 0 Å². The largest absolute Gasteiger partial charge is 0.357 e. The van der Waals surface area contributed by atoms with Crippen molar-refractivity contribution in [2.45, 2.75) is 6.54 Å². The van der Waals surface area contributed by atoms with E-state index in [2.05, 4.69) is 48.3 Å². The van der Waals surface area contributed by atoms with Crippen LogP contribution in [0.5, 0.6) is 0 Å². The van der Waals surface area contributed by atoms with Crippen molar-refractivity contribution in [3.05, 3.63) is 34.3 Å². The van der Waals surface area contributed by atoms with Crippen LogP contribution in [-0.2, 0) is 6.54 Å². The van der Waals surface area contributed by atoms with E-state index in [1.165, 1.54) is 5.56 Å². The third-order valence-corrected chi connectivity index (χ3v) is 3.38. The van der Waals surface area contributed by atoms with Gasteiger partial charge in [-0.25, -0.2) is 0 Å². The van der Waals surface area contributed by atoms with Crippen LogP contribution in [0.1, 0.15) is 5.56 Å². The minimum Gasteiger partial charge on any atom is -0.357 e. The Morgan fingerprint density at radius 3 is 2.43 bits per heavy atom. The van der Waals surface area contributed by atoms with Crippen molar-refractivity contribution in [2.24, 2.45) is 0 Å². The summed E-state index contributed by atoms with van der Waals surface area (Å²) in [4.78, 5) is 17.1. The Kier molecular flexibility index (Phi) is 4.95. The predicted octanol–water partition coefficient (Wildman–Crippen LogP) is 2.38. The van der Waals surface area contributed by atoms with E-state index in [0.29, 0.717) is 17.8 Å². The summed E-state index contributed by atoms with van der Waals surface area (Å²) in [5, 5.41) is 2.97. The summed E-state index contributed by atoms with van der Waals surface area (Å²) in [6, 6.07) is 8.19. The van der Waals surface area contributed by atoms with Gasteiger partial charge in [0, 0.05) is 39.2 Å². The maximum Gasteiger partial charge on any atom is 0.232 e.